The molecule has 0 aliphatic heterocycles. The molecule has 118 valence electrons. The van der Waals surface area contributed by atoms with Gasteiger partial charge in [0.1, 0.15) is 5.01 Å². The van der Waals surface area contributed by atoms with E-state index in [0.717, 1.165) is 46.5 Å². The standard InChI is InChI=1S/C18H18ClN3S/c1-22(11-9-16-4-2-3-10-20-16)12-17-13-23-18(21-17)14-5-7-15(19)8-6-14/h2-8,10,13H,9,11-12H2,1H3. The highest BCUT2D eigenvalue weighted by molar-refractivity contribution is 7.13. The lowest BCUT2D eigenvalue weighted by Gasteiger charge is -2.14. The number of halogens is 1. The molecule has 2 aromatic heterocycles. The van der Waals surface area contributed by atoms with Gasteiger partial charge in [0.2, 0.25) is 0 Å². The molecule has 0 bridgehead atoms. The van der Waals surface area contributed by atoms with Crippen molar-refractivity contribution in [3.05, 3.63) is 70.5 Å². The van der Waals surface area contributed by atoms with Gasteiger partial charge >= 0.3 is 0 Å². The summed E-state index contributed by atoms with van der Waals surface area (Å²) in [5.41, 5.74) is 3.34. The quantitative estimate of drug-likeness (QED) is 0.658. The molecule has 0 atom stereocenters. The summed E-state index contributed by atoms with van der Waals surface area (Å²) in [6.45, 7) is 1.81. The van der Waals surface area contributed by atoms with Gasteiger partial charge in [0, 0.05) is 47.4 Å². The summed E-state index contributed by atoms with van der Waals surface area (Å²) >= 11 is 7.60. The lowest BCUT2D eigenvalue weighted by atomic mass is 10.2. The number of nitrogens with zero attached hydrogens (tertiary/aromatic N) is 3. The second kappa shape index (κ2) is 7.68. The van der Waals surface area contributed by atoms with Crippen LogP contribution in [0, 0.1) is 0 Å². The van der Waals surface area contributed by atoms with E-state index in [4.69, 9.17) is 16.6 Å². The van der Waals surface area contributed by atoms with Crippen LogP contribution in [0.1, 0.15) is 11.4 Å². The minimum atomic E-state index is 0.750. The molecule has 0 fully saturated rings. The molecule has 3 rings (SSSR count). The summed E-state index contributed by atoms with van der Waals surface area (Å²) in [6.07, 6.45) is 2.79. The normalized spacial score (nSPS) is 11.1. The van der Waals surface area contributed by atoms with Crippen LogP contribution in [-0.4, -0.2) is 28.5 Å². The van der Waals surface area contributed by atoms with Gasteiger partial charge in [-0.25, -0.2) is 4.98 Å². The van der Waals surface area contributed by atoms with Gasteiger partial charge in [-0.05, 0) is 31.3 Å². The topological polar surface area (TPSA) is 29.0 Å². The lowest BCUT2D eigenvalue weighted by Crippen LogP contribution is -2.21. The summed E-state index contributed by atoms with van der Waals surface area (Å²) in [7, 11) is 2.12. The average Bonchev–Trinajstić information content (AvgIpc) is 3.03. The molecular weight excluding hydrogens is 326 g/mol. The Bertz CT molecular complexity index is 740. The van der Waals surface area contributed by atoms with E-state index in [1.807, 2.05) is 42.6 Å². The SMILES string of the molecule is CN(CCc1ccccn1)Cc1csc(-c2ccc(Cl)cc2)n1. The largest absolute Gasteiger partial charge is 0.300 e. The Balaban J connectivity index is 1.57. The van der Waals surface area contributed by atoms with E-state index >= 15 is 0 Å². The number of aromatic nitrogens is 2. The summed E-state index contributed by atoms with van der Waals surface area (Å²) in [4.78, 5) is 11.4. The predicted molar refractivity (Wildman–Crippen MR) is 96.8 cm³/mol. The van der Waals surface area contributed by atoms with Gasteiger partial charge in [0.15, 0.2) is 0 Å². The first-order valence-electron chi connectivity index (χ1n) is 7.49. The molecule has 0 unspecified atom stereocenters. The minimum absolute atomic E-state index is 0.750. The Hall–Kier alpha value is -1.75. The number of hydrogen-bond acceptors (Lipinski definition) is 4. The third-order valence-corrected chi connectivity index (χ3v) is 4.74. The van der Waals surface area contributed by atoms with Crippen molar-refractivity contribution in [2.24, 2.45) is 0 Å². The van der Waals surface area contributed by atoms with Crippen molar-refractivity contribution < 1.29 is 0 Å². The third-order valence-electron chi connectivity index (χ3n) is 3.55. The van der Waals surface area contributed by atoms with Crippen LogP contribution in [0.4, 0.5) is 0 Å². The van der Waals surface area contributed by atoms with E-state index in [0.29, 0.717) is 0 Å². The van der Waals surface area contributed by atoms with E-state index in [9.17, 15) is 0 Å². The van der Waals surface area contributed by atoms with Crippen LogP contribution >= 0.6 is 22.9 Å². The molecule has 5 heteroatoms. The highest BCUT2D eigenvalue weighted by Crippen LogP contribution is 2.25. The Morgan fingerprint density at radius 2 is 1.91 bits per heavy atom. The Morgan fingerprint density at radius 1 is 1.09 bits per heavy atom. The van der Waals surface area contributed by atoms with Crippen molar-refractivity contribution in [2.45, 2.75) is 13.0 Å². The Morgan fingerprint density at radius 3 is 2.65 bits per heavy atom. The molecule has 2 heterocycles. The van der Waals surface area contributed by atoms with Crippen LogP contribution in [0.15, 0.2) is 54.0 Å². The monoisotopic (exact) mass is 343 g/mol. The van der Waals surface area contributed by atoms with Crippen molar-refractivity contribution in [2.75, 3.05) is 13.6 Å². The van der Waals surface area contributed by atoms with E-state index < -0.39 is 0 Å². The molecule has 0 amide bonds. The number of benzene rings is 1. The molecule has 3 aromatic rings. The van der Waals surface area contributed by atoms with Crippen LogP contribution in [0.25, 0.3) is 10.6 Å². The summed E-state index contributed by atoms with van der Waals surface area (Å²) < 4.78 is 0. The van der Waals surface area contributed by atoms with Gasteiger partial charge < -0.3 is 4.90 Å². The van der Waals surface area contributed by atoms with E-state index in [1.54, 1.807) is 11.3 Å². The van der Waals surface area contributed by atoms with E-state index in [-0.39, 0.29) is 0 Å². The fourth-order valence-electron chi connectivity index (χ4n) is 2.31. The maximum Gasteiger partial charge on any atom is 0.123 e. The van der Waals surface area contributed by atoms with Crippen molar-refractivity contribution in [1.29, 1.82) is 0 Å². The molecule has 0 saturated carbocycles. The zero-order valence-electron chi connectivity index (χ0n) is 12.9. The number of thiazole rings is 1. The van der Waals surface area contributed by atoms with Crippen molar-refractivity contribution >= 4 is 22.9 Å². The zero-order valence-corrected chi connectivity index (χ0v) is 14.5. The number of rotatable bonds is 6. The molecule has 0 aliphatic carbocycles. The summed E-state index contributed by atoms with van der Waals surface area (Å²) in [5, 5.41) is 3.91. The van der Waals surface area contributed by atoms with Crippen molar-refractivity contribution in [3.63, 3.8) is 0 Å². The molecule has 23 heavy (non-hydrogen) atoms. The Labute approximate surface area is 145 Å². The number of likely N-dealkylation sites (N-methyl/N-ethyl adjacent to an activating group) is 1. The molecule has 0 aliphatic rings. The minimum Gasteiger partial charge on any atom is -0.300 e. The average molecular weight is 344 g/mol. The van der Waals surface area contributed by atoms with Crippen LogP contribution in [0.5, 0.6) is 0 Å². The fraction of sp³-hybridized carbons (Fsp3) is 0.222. The molecule has 0 saturated heterocycles. The van der Waals surface area contributed by atoms with Gasteiger partial charge in [-0.1, -0.05) is 29.8 Å². The van der Waals surface area contributed by atoms with Crippen molar-refractivity contribution in [3.8, 4) is 10.6 Å². The predicted octanol–water partition coefficient (Wildman–Crippen LogP) is 4.53. The van der Waals surface area contributed by atoms with Crippen LogP contribution in [-0.2, 0) is 13.0 Å². The maximum atomic E-state index is 5.93. The van der Waals surface area contributed by atoms with Gasteiger partial charge in [0.25, 0.3) is 0 Å². The van der Waals surface area contributed by atoms with E-state index in [1.165, 1.54) is 0 Å². The highest BCUT2D eigenvalue weighted by Gasteiger charge is 2.07. The van der Waals surface area contributed by atoms with Gasteiger partial charge in [-0.15, -0.1) is 11.3 Å². The Kier molecular flexibility index (Phi) is 5.39. The smallest absolute Gasteiger partial charge is 0.123 e. The second-order valence-corrected chi connectivity index (χ2v) is 6.75. The molecular formula is C18H18ClN3S. The van der Waals surface area contributed by atoms with Crippen LogP contribution in [0.2, 0.25) is 5.02 Å². The first-order valence-corrected chi connectivity index (χ1v) is 8.75. The summed E-state index contributed by atoms with van der Waals surface area (Å²) in [6, 6.07) is 13.9. The van der Waals surface area contributed by atoms with Crippen LogP contribution in [0.3, 0.4) is 0 Å². The van der Waals surface area contributed by atoms with Crippen molar-refractivity contribution in [1.82, 2.24) is 14.9 Å². The van der Waals surface area contributed by atoms with E-state index in [2.05, 4.69) is 28.4 Å². The molecule has 0 spiro atoms. The second-order valence-electron chi connectivity index (χ2n) is 5.46. The van der Waals surface area contributed by atoms with Gasteiger partial charge in [-0.2, -0.15) is 0 Å². The number of hydrogen-bond donors (Lipinski definition) is 0. The van der Waals surface area contributed by atoms with Crippen LogP contribution < -0.4 is 0 Å². The van der Waals surface area contributed by atoms with Gasteiger partial charge in [0.05, 0.1) is 5.69 Å². The lowest BCUT2D eigenvalue weighted by molar-refractivity contribution is 0.327. The summed E-state index contributed by atoms with van der Waals surface area (Å²) in [5.74, 6) is 0. The molecule has 1 aromatic carbocycles. The maximum absolute atomic E-state index is 5.93. The molecule has 3 nitrogen and oxygen atoms in total. The highest BCUT2D eigenvalue weighted by atomic mass is 35.5. The molecule has 0 N–H and O–H groups in total. The first-order chi connectivity index (χ1) is 11.2. The first kappa shape index (κ1) is 16.1. The number of pyridine rings is 1. The third kappa shape index (κ3) is 4.61. The van der Waals surface area contributed by atoms with Gasteiger partial charge in [-0.3, -0.25) is 4.98 Å². The zero-order chi connectivity index (χ0) is 16.1. The molecule has 0 radical (unpaired) electrons. The fourth-order valence-corrected chi connectivity index (χ4v) is 3.25.